The van der Waals surface area contributed by atoms with E-state index in [0.717, 1.165) is 30.3 Å². The number of rotatable bonds is 5. The molecule has 1 unspecified atom stereocenters. The second kappa shape index (κ2) is 7.89. The molecule has 0 aliphatic heterocycles. The quantitative estimate of drug-likeness (QED) is 0.183. The maximum absolute atomic E-state index is 12.7. The molecule has 8 nitrogen and oxygen atoms in total. The summed E-state index contributed by atoms with van der Waals surface area (Å²) in [5.41, 5.74) is -1.26. The van der Waals surface area contributed by atoms with Crippen molar-refractivity contribution in [3.63, 3.8) is 0 Å². The number of benzene rings is 1. The molecule has 0 aliphatic rings. The summed E-state index contributed by atoms with van der Waals surface area (Å²) in [4.78, 5) is 30.3. The molecule has 0 spiro atoms. The number of H-pyrrole nitrogens is 1. The van der Waals surface area contributed by atoms with Gasteiger partial charge in [-0.15, -0.1) is 5.11 Å². The van der Waals surface area contributed by atoms with Crippen molar-refractivity contribution in [3.05, 3.63) is 63.3 Å². The van der Waals surface area contributed by atoms with Crippen molar-refractivity contribution in [1.82, 2.24) is 9.97 Å². The Morgan fingerprint density at radius 1 is 1.33 bits per heavy atom. The number of halogens is 3. The first-order chi connectivity index (χ1) is 12.6. The normalized spacial score (nSPS) is 12.9. The van der Waals surface area contributed by atoms with Crippen LogP contribution in [0, 0.1) is 12.3 Å². The summed E-state index contributed by atoms with van der Waals surface area (Å²) in [6, 6.07) is 4.99. The minimum absolute atomic E-state index is 0.120. The topological polar surface area (TPSA) is 137 Å². The van der Waals surface area contributed by atoms with Crippen LogP contribution in [-0.2, 0) is 6.18 Å². The first kappa shape index (κ1) is 19.9. The van der Waals surface area contributed by atoms with E-state index in [1.165, 1.54) is 6.92 Å². The lowest BCUT2D eigenvalue weighted by atomic mass is 9.91. The van der Waals surface area contributed by atoms with Gasteiger partial charge in [0.1, 0.15) is 11.5 Å². The van der Waals surface area contributed by atoms with Gasteiger partial charge in [-0.25, -0.2) is 4.98 Å². The number of carbonyl (C=O) groups is 1. The molecule has 0 saturated heterocycles. The number of nitrogens with one attached hydrogen (secondary N) is 2. The molecule has 4 N–H and O–H groups in total. The highest BCUT2D eigenvalue weighted by molar-refractivity contribution is 5.99. The number of ketones is 1. The van der Waals surface area contributed by atoms with Gasteiger partial charge < -0.3 is 10.8 Å². The number of aryl methyl sites for hydroxylation is 1. The minimum atomic E-state index is -4.51. The van der Waals surface area contributed by atoms with E-state index in [4.69, 9.17) is 11.3 Å². The molecule has 0 radical (unpaired) electrons. The summed E-state index contributed by atoms with van der Waals surface area (Å²) in [7, 11) is 0. The largest absolute Gasteiger partial charge is 0.416 e. The number of nitrogens with zero attached hydrogens (tertiary/aromatic N) is 3. The Balaban J connectivity index is 2.36. The van der Waals surface area contributed by atoms with Gasteiger partial charge >= 0.3 is 6.18 Å². The van der Waals surface area contributed by atoms with E-state index < -0.39 is 34.8 Å². The smallest absolute Gasteiger partial charge is 0.311 e. The van der Waals surface area contributed by atoms with E-state index in [0.29, 0.717) is 0 Å². The van der Waals surface area contributed by atoms with Crippen LogP contribution in [0.15, 0.2) is 45.5 Å². The SMILES string of the molecule is Cc1nc(C(=O)CC(C(=N)N=NN)c2ccc(C(F)(F)F)cc2)cc(=O)[nH]1. The molecule has 0 saturated carbocycles. The molecule has 142 valence electrons. The van der Waals surface area contributed by atoms with E-state index in [9.17, 15) is 22.8 Å². The third kappa shape index (κ3) is 5.06. The fraction of sp³-hybridized carbons (Fsp3) is 0.250. The Labute approximate surface area is 150 Å². The molecular weight excluding hydrogens is 365 g/mol. The van der Waals surface area contributed by atoms with Gasteiger partial charge in [-0.1, -0.05) is 17.4 Å². The molecule has 11 heteroatoms. The van der Waals surface area contributed by atoms with Crippen LogP contribution in [-0.4, -0.2) is 21.6 Å². The summed E-state index contributed by atoms with van der Waals surface area (Å²) in [6.07, 6.45) is -4.86. The third-order valence-electron chi connectivity index (χ3n) is 3.67. The maximum atomic E-state index is 12.7. The Morgan fingerprint density at radius 3 is 2.48 bits per heavy atom. The van der Waals surface area contributed by atoms with Crippen LogP contribution in [0.1, 0.15) is 39.8 Å². The molecule has 1 aromatic heterocycles. The monoisotopic (exact) mass is 380 g/mol. The van der Waals surface area contributed by atoms with Crippen molar-refractivity contribution in [2.24, 2.45) is 16.2 Å². The van der Waals surface area contributed by atoms with E-state index >= 15 is 0 Å². The number of aromatic amines is 1. The maximum Gasteiger partial charge on any atom is 0.416 e. The lowest BCUT2D eigenvalue weighted by Crippen LogP contribution is -2.19. The standard InChI is InChI=1S/C16H15F3N6O2/c1-8-22-12(7-14(27)23-8)13(26)6-11(15(20)24-25-21)9-2-4-10(5-3-9)16(17,18)19/h2-5,7,11H,6H2,1H3,(H3,20,21,24)(H,22,23,27). The minimum Gasteiger partial charge on any atom is -0.311 e. The Morgan fingerprint density at radius 2 is 1.96 bits per heavy atom. The third-order valence-corrected chi connectivity index (χ3v) is 3.67. The number of hydrogen-bond acceptors (Lipinski definition) is 5. The zero-order chi connectivity index (χ0) is 20.2. The Kier molecular flexibility index (Phi) is 5.83. The summed E-state index contributed by atoms with van der Waals surface area (Å²) in [5, 5.41) is 14.3. The molecule has 0 bridgehead atoms. The highest BCUT2D eigenvalue weighted by atomic mass is 19.4. The predicted octanol–water partition coefficient (Wildman–Crippen LogP) is 2.76. The van der Waals surface area contributed by atoms with E-state index in [1.807, 2.05) is 0 Å². The first-order valence-corrected chi connectivity index (χ1v) is 7.59. The molecular formula is C16H15F3N6O2. The average molecular weight is 380 g/mol. The van der Waals surface area contributed by atoms with E-state index in [2.05, 4.69) is 20.3 Å². The van der Waals surface area contributed by atoms with Crippen LogP contribution in [0.4, 0.5) is 13.2 Å². The first-order valence-electron chi connectivity index (χ1n) is 7.59. The lowest BCUT2D eigenvalue weighted by Gasteiger charge is -2.15. The summed E-state index contributed by atoms with van der Waals surface area (Å²) in [6.45, 7) is 1.50. The fourth-order valence-corrected chi connectivity index (χ4v) is 2.42. The van der Waals surface area contributed by atoms with Crippen molar-refractivity contribution < 1.29 is 18.0 Å². The molecule has 1 atom stereocenters. The molecule has 1 aromatic carbocycles. The van der Waals surface area contributed by atoms with Gasteiger partial charge in [0.05, 0.1) is 11.5 Å². The second-order valence-electron chi connectivity index (χ2n) is 5.62. The van der Waals surface area contributed by atoms with Gasteiger partial charge in [-0.05, 0) is 24.6 Å². The van der Waals surface area contributed by atoms with Crippen LogP contribution >= 0.6 is 0 Å². The van der Waals surface area contributed by atoms with Crippen molar-refractivity contribution in [2.75, 3.05) is 0 Å². The Hall–Kier alpha value is -3.37. The van der Waals surface area contributed by atoms with Gasteiger partial charge in [0.15, 0.2) is 11.6 Å². The predicted molar refractivity (Wildman–Crippen MR) is 89.5 cm³/mol. The molecule has 27 heavy (non-hydrogen) atoms. The van der Waals surface area contributed by atoms with Gasteiger partial charge in [0, 0.05) is 12.5 Å². The van der Waals surface area contributed by atoms with Crippen molar-refractivity contribution in [2.45, 2.75) is 25.4 Å². The van der Waals surface area contributed by atoms with Gasteiger partial charge in [-0.2, -0.15) is 13.2 Å². The highest BCUT2D eigenvalue weighted by Crippen LogP contribution is 2.31. The lowest BCUT2D eigenvalue weighted by molar-refractivity contribution is -0.137. The number of Topliss-reactive ketones (excluding diaryl/α,β-unsaturated/α-hetero) is 1. The van der Waals surface area contributed by atoms with E-state index in [1.54, 1.807) is 0 Å². The number of amidine groups is 1. The molecule has 0 fully saturated rings. The molecule has 0 aliphatic carbocycles. The molecule has 2 rings (SSSR count). The summed E-state index contributed by atoms with van der Waals surface area (Å²) < 4.78 is 38.2. The van der Waals surface area contributed by atoms with E-state index in [-0.39, 0.29) is 23.5 Å². The average Bonchev–Trinajstić information content (AvgIpc) is 2.58. The van der Waals surface area contributed by atoms with Gasteiger partial charge in [-0.3, -0.25) is 15.0 Å². The summed E-state index contributed by atoms with van der Waals surface area (Å²) in [5.74, 6) is 3.17. The van der Waals surface area contributed by atoms with Crippen molar-refractivity contribution in [3.8, 4) is 0 Å². The van der Waals surface area contributed by atoms with Crippen LogP contribution in [0.3, 0.4) is 0 Å². The number of alkyl halides is 3. The fourth-order valence-electron chi connectivity index (χ4n) is 2.42. The summed E-state index contributed by atoms with van der Waals surface area (Å²) >= 11 is 0. The van der Waals surface area contributed by atoms with Crippen molar-refractivity contribution >= 4 is 11.6 Å². The second-order valence-corrected chi connectivity index (χ2v) is 5.62. The number of nitrogens with two attached hydrogens (primary N) is 1. The zero-order valence-corrected chi connectivity index (χ0v) is 14.0. The number of hydrogen-bond donors (Lipinski definition) is 3. The van der Waals surface area contributed by atoms with Crippen LogP contribution in [0.5, 0.6) is 0 Å². The van der Waals surface area contributed by atoms with Gasteiger partial charge in [0.2, 0.25) is 0 Å². The molecule has 2 aromatic rings. The zero-order valence-electron chi connectivity index (χ0n) is 14.0. The van der Waals surface area contributed by atoms with Crippen LogP contribution in [0.25, 0.3) is 0 Å². The highest BCUT2D eigenvalue weighted by Gasteiger charge is 2.31. The van der Waals surface area contributed by atoms with Crippen molar-refractivity contribution in [1.29, 1.82) is 5.41 Å². The van der Waals surface area contributed by atoms with Gasteiger partial charge in [0.25, 0.3) is 5.56 Å². The number of carbonyl (C=O) groups excluding carboxylic acids is 1. The van der Waals surface area contributed by atoms with Crippen LogP contribution in [0.2, 0.25) is 0 Å². The number of aromatic nitrogens is 2. The Bertz CT molecular complexity index is 934. The molecule has 0 amide bonds. The van der Waals surface area contributed by atoms with Crippen LogP contribution < -0.4 is 11.4 Å². The molecule has 1 heterocycles.